The lowest BCUT2D eigenvalue weighted by Gasteiger charge is -2.28. The van der Waals surface area contributed by atoms with Gasteiger partial charge in [-0.3, -0.25) is 9.59 Å². The summed E-state index contributed by atoms with van der Waals surface area (Å²) >= 11 is 1.68. The number of thiophene rings is 1. The number of hydrogen-bond donors (Lipinski definition) is 1. The third kappa shape index (κ3) is 3.71. The van der Waals surface area contributed by atoms with E-state index in [4.69, 9.17) is 4.74 Å². The first-order valence-corrected chi connectivity index (χ1v) is 10.8. The number of nitrogens with zero attached hydrogens (tertiary/aromatic N) is 1. The molecule has 1 aromatic carbocycles. The van der Waals surface area contributed by atoms with Gasteiger partial charge in [0.2, 0.25) is 5.91 Å². The molecule has 28 heavy (non-hydrogen) atoms. The Hall–Kier alpha value is -2.18. The van der Waals surface area contributed by atoms with Gasteiger partial charge in [-0.1, -0.05) is 24.3 Å². The second-order valence-electron chi connectivity index (χ2n) is 7.76. The van der Waals surface area contributed by atoms with Crippen molar-refractivity contribution in [1.29, 1.82) is 0 Å². The van der Waals surface area contributed by atoms with Crippen molar-refractivity contribution in [2.45, 2.75) is 31.8 Å². The van der Waals surface area contributed by atoms with Crippen LogP contribution in [0.1, 0.15) is 24.8 Å². The lowest BCUT2D eigenvalue weighted by Crippen LogP contribution is -2.45. The highest BCUT2D eigenvalue weighted by Gasteiger charge is 2.46. The van der Waals surface area contributed by atoms with Gasteiger partial charge in [0.15, 0.2) is 0 Å². The molecule has 0 saturated carbocycles. The zero-order chi connectivity index (χ0) is 19.6. The molecule has 2 aliphatic heterocycles. The van der Waals surface area contributed by atoms with Gasteiger partial charge in [-0.25, -0.2) is 0 Å². The van der Waals surface area contributed by atoms with E-state index in [0.717, 1.165) is 18.4 Å². The zero-order valence-electron chi connectivity index (χ0n) is 16.1. The molecule has 0 aliphatic carbocycles. The van der Waals surface area contributed by atoms with Gasteiger partial charge in [-0.2, -0.15) is 11.3 Å². The minimum atomic E-state index is -0.576. The summed E-state index contributed by atoms with van der Waals surface area (Å²) in [6.07, 6.45) is 2.70. The van der Waals surface area contributed by atoms with Crippen LogP contribution in [-0.4, -0.2) is 49.6 Å². The van der Waals surface area contributed by atoms with Crippen LogP contribution in [0, 0.1) is 5.41 Å². The number of hydrogen-bond acceptors (Lipinski definition) is 4. The monoisotopic (exact) mass is 398 g/mol. The summed E-state index contributed by atoms with van der Waals surface area (Å²) < 4.78 is 5.56. The fourth-order valence-corrected chi connectivity index (χ4v) is 5.01. The summed E-state index contributed by atoms with van der Waals surface area (Å²) in [5, 5.41) is 7.03. The molecule has 2 amide bonds. The molecule has 148 valence electrons. The number of nitrogens with one attached hydrogen (secondary N) is 1. The molecule has 0 radical (unpaired) electrons. The van der Waals surface area contributed by atoms with Crippen LogP contribution in [-0.2, 0) is 20.7 Å². The summed E-state index contributed by atoms with van der Waals surface area (Å²) in [5.74, 6) is 0.0492. The van der Waals surface area contributed by atoms with Gasteiger partial charge in [0.1, 0.15) is 6.10 Å². The van der Waals surface area contributed by atoms with E-state index in [9.17, 15) is 9.59 Å². The highest BCUT2D eigenvalue weighted by Crippen LogP contribution is 2.36. The Bertz CT molecular complexity index is 828. The van der Waals surface area contributed by atoms with Crippen molar-refractivity contribution in [3.8, 4) is 11.1 Å². The molecular formula is C22H26N2O3S. The summed E-state index contributed by atoms with van der Waals surface area (Å²) in [5.41, 5.74) is 2.94. The lowest BCUT2D eigenvalue weighted by molar-refractivity contribution is -0.140. The Labute approximate surface area is 169 Å². The molecule has 3 heterocycles. The lowest BCUT2D eigenvalue weighted by atomic mass is 9.79. The van der Waals surface area contributed by atoms with E-state index in [1.807, 2.05) is 4.90 Å². The molecule has 2 aromatic rings. The SMILES string of the molecule is CNC(=O)[C@@]1(Cc2ccc(-c3ccsc3)cc2)CCN(C(=O)[C@@H]2CCCO2)C1. The topological polar surface area (TPSA) is 58.6 Å². The Kier molecular flexibility index (Phi) is 5.51. The van der Waals surface area contributed by atoms with Gasteiger partial charge in [0.25, 0.3) is 5.91 Å². The Morgan fingerprint density at radius 2 is 2.07 bits per heavy atom. The second-order valence-corrected chi connectivity index (χ2v) is 8.54. The third-order valence-corrected chi connectivity index (χ3v) is 6.61. The van der Waals surface area contributed by atoms with Crippen molar-refractivity contribution in [2.24, 2.45) is 5.41 Å². The number of carbonyl (C=O) groups is 2. The Balaban J connectivity index is 1.50. The van der Waals surface area contributed by atoms with Crippen LogP contribution in [0.4, 0.5) is 0 Å². The van der Waals surface area contributed by atoms with Crippen LogP contribution in [0.5, 0.6) is 0 Å². The molecule has 2 aliphatic rings. The molecule has 0 unspecified atom stereocenters. The van der Waals surface area contributed by atoms with E-state index in [1.54, 1.807) is 18.4 Å². The van der Waals surface area contributed by atoms with Gasteiger partial charge >= 0.3 is 0 Å². The summed E-state index contributed by atoms with van der Waals surface area (Å²) in [6, 6.07) is 10.5. The first-order chi connectivity index (χ1) is 13.6. The fourth-order valence-electron chi connectivity index (χ4n) is 4.35. The molecule has 1 aromatic heterocycles. The van der Waals surface area contributed by atoms with E-state index in [0.29, 0.717) is 32.5 Å². The van der Waals surface area contributed by atoms with Gasteiger partial charge < -0.3 is 15.0 Å². The molecule has 2 saturated heterocycles. The zero-order valence-corrected chi connectivity index (χ0v) is 17.0. The summed E-state index contributed by atoms with van der Waals surface area (Å²) in [6.45, 7) is 1.72. The van der Waals surface area contributed by atoms with E-state index in [1.165, 1.54) is 11.1 Å². The number of ether oxygens (including phenoxy) is 1. The molecule has 6 heteroatoms. The maximum absolute atomic E-state index is 12.8. The summed E-state index contributed by atoms with van der Waals surface area (Å²) in [7, 11) is 1.67. The van der Waals surface area contributed by atoms with E-state index < -0.39 is 5.41 Å². The first-order valence-electron chi connectivity index (χ1n) is 9.85. The normalized spacial score (nSPS) is 24.5. The molecule has 1 N–H and O–H groups in total. The van der Waals surface area contributed by atoms with Crippen LogP contribution < -0.4 is 5.32 Å². The summed E-state index contributed by atoms with van der Waals surface area (Å²) in [4.78, 5) is 27.4. The average Bonchev–Trinajstić information content (AvgIpc) is 3.49. The molecular weight excluding hydrogens is 372 g/mol. The van der Waals surface area contributed by atoms with Gasteiger partial charge in [-0.05, 0) is 59.2 Å². The van der Waals surface area contributed by atoms with Crippen molar-refractivity contribution in [3.63, 3.8) is 0 Å². The van der Waals surface area contributed by atoms with E-state index >= 15 is 0 Å². The van der Waals surface area contributed by atoms with Crippen LogP contribution in [0.15, 0.2) is 41.1 Å². The average molecular weight is 399 g/mol. The highest BCUT2D eigenvalue weighted by molar-refractivity contribution is 7.08. The van der Waals surface area contributed by atoms with Crippen molar-refractivity contribution in [1.82, 2.24) is 10.2 Å². The van der Waals surface area contributed by atoms with Gasteiger partial charge in [0, 0.05) is 26.7 Å². The maximum atomic E-state index is 12.8. The van der Waals surface area contributed by atoms with Gasteiger partial charge in [0.05, 0.1) is 5.41 Å². The Morgan fingerprint density at radius 1 is 1.25 bits per heavy atom. The third-order valence-electron chi connectivity index (χ3n) is 5.93. The van der Waals surface area contributed by atoms with Crippen molar-refractivity contribution in [3.05, 3.63) is 46.7 Å². The van der Waals surface area contributed by atoms with Gasteiger partial charge in [-0.15, -0.1) is 0 Å². The smallest absolute Gasteiger partial charge is 0.251 e. The number of rotatable bonds is 5. The minimum Gasteiger partial charge on any atom is -0.368 e. The molecule has 5 nitrogen and oxygen atoms in total. The minimum absolute atomic E-state index is 0.0112. The molecule has 2 fully saturated rings. The maximum Gasteiger partial charge on any atom is 0.251 e. The van der Waals surface area contributed by atoms with E-state index in [-0.39, 0.29) is 17.9 Å². The first kappa shape index (κ1) is 19.2. The van der Waals surface area contributed by atoms with Crippen LogP contribution >= 0.6 is 11.3 Å². The number of benzene rings is 1. The van der Waals surface area contributed by atoms with Crippen LogP contribution in [0.2, 0.25) is 0 Å². The van der Waals surface area contributed by atoms with Crippen molar-refractivity contribution in [2.75, 3.05) is 26.7 Å². The second kappa shape index (κ2) is 8.05. The highest BCUT2D eigenvalue weighted by atomic mass is 32.1. The quantitative estimate of drug-likeness (QED) is 0.842. The molecule has 4 rings (SSSR count). The predicted molar refractivity (Wildman–Crippen MR) is 110 cm³/mol. The predicted octanol–water partition coefficient (Wildman–Crippen LogP) is 3.10. The van der Waals surface area contributed by atoms with Crippen LogP contribution in [0.25, 0.3) is 11.1 Å². The number of carbonyl (C=O) groups excluding carboxylic acids is 2. The molecule has 2 atom stereocenters. The van der Waals surface area contributed by atoms with Crippen molar-refractivity contribution < 1.29 is 14.3 Å². The standard InChI is InChI=1S/C22H26N2O3S/c1-23-21(26)22(9-10-24(15-22)20(25)19-3-2-11-27-19)13-16-4-6-17(7-5-16)18-8-12-28-14-18/h4-8,12,14,19H,2-3,9-11,13,15H2,1H3,(H,23,26)/t19-,22+/m0/s1. The molecule has 0 spiro atoms. The fraction of sp³-hybridized carbons (Fsp3) is 0.455. The Morgan fingerprint density at radius 3 is 2.71 bits per heavy atom. The number of likely N-dealkylation sites (tertiary alicyclic amines) is 1. The van der Waals surface area contributed by atoms with E-state index in [2.05, 4.69) is 46.4 Å². The molecule has 0 bridgehead atoms. The van der Waals surface area contributed by atoms with Crippen LogP contribution in [0.3, 0.4) is 0 Å². The number of amides is 2. The largest absolute Gasteiger partial charge is 0.368 e. The van der Waals surface area contributed by atoms with Crippen molar-refractivity contribution >= 4 is 23.2 Å².